The Bertz CT molecular complexity index is 355. The maximum atomic E-state index is 11.1. The molecular weight excluding hydrogens is 168 g/mol. The van der Waals surface area contributed by atoms with Crippen LogP contribution >= 0.6 is 0 Å². The standard InChI is InChI=1S/C9H14N2O2/c1-6-4-7(5-11(2)3)8(12)9(13)10-6/h4,12H,5H2,1-3H3,(H,10,13). The van der Waals surface area contributed by atoms with Gasteiger partial charge in [-0.15, -0.1) is 0 Å². The number of rotatable bonds is 2. The number of pyridine rings is 1. The Hall–Kier alpha value is -1.29. The zero-order chi connectivity index (χ0) is 10.0. The summed E-state index contributed by atoms with van der Waals surface area (Å²) in [6, 6.07) is 1.77. The Balaban J connectivity index is 3.13. The van der Waals surface area contributed by atoms with Crippen molar-refractivity contribution < 1.29 is 5.11 Å². The first kappa shape index (κ1) is 9.80. The van der Waals surface area contributed by atoms with Gasteiger partial charge < -0.3 is 15.0 Å². The number of H-pyrrole nitrogens is 1. The fourth-order valence-electron chi connectivity index (χ4n) is 1.21. The van der Waals surface area contributed by atoms with Crippen LogP contribution < -0.4 is 5.56 Å². The molecule has 0 aliphatic rings. The number of nitrogens with zero attached hydrogens (tertiary/aromatic N) is 1. The lowest BCUT2D eigenvalue weighted by atomic mass is 10.2. The number of aromatic nitrogens is 1. The van der Waals surface area contributed by atoms with E-state index in [4.69, 9.17) is 0 Å². The van der Waals surface area contributed by atoms with Crippen molar-refractivity contribution in [2.45, 2.75) is 13.5 Å². The first-order chi connectivity index (χ1) is 6.00. The van der Waals surface area contributed by atoms with Gasteiger partial charge in [0.15, 0.2) is 5.75 Å². The van der Waals surface area contributed by atoms with Crippen LogP contribution in [0.15, 0.2) is 10.9 Å². The molecule has 0 fully saturated rings. The highest BCUT2D eigenvalue weighted by Gasteiger charge is 2.06. The van der Waals surface area contributed by atoms with E-state index < -0.39 is 5.56 Å². The number of aromatic amines is 1. The van der Waals surface area contributed by atoms with E-state index in [-0.39, 0.29) is 5.75 Å². The van der Waals surface area contributed by atoms with Crippen LogP contribution in [-0.4, -0.2) is 29.1 Å². The van der Waals surface area contributed by atoms with Crippen LogP contribution in [0.2, 0.25) is 0 Å². The normalized spacial score (nSPS) is 10.8. The summed E-state index contributed by atoms with van der Waals surface area (Å²) in [7, 11) is 3.77. The summed E-state index contributed by atoms with van der Waals surface area (Å²) >= 11 is 0. The van der Waals surface area contributed by atoms with E-state index >= 15 is 0 Å². The van der Waals surface area contributed by atoms with Crippen LogP contribution in [0, 0.1) is 6.92 Å². The maximum Gasteiger partial charge on any atom is 0.290 e. The van der Waals surface area contributed by atoms with Crippen LogP contribution in [0.3, 0.4) is 0 Å². The van der Waals surface area contributed by atoms with Crippen molar-refractivity contribution in [2.75, 3.05) is 14.1 Å². The smallest absolute Gasteiger partial charge is 0.290 e. The maximum absolute atomic E-state index is 11.1. The van der Waals surface area contributed by atoms with Crippen molar-refractivity contribution in [1.29, 1.82) is 0 Å². The van der Waals surface area contributed by atoms with Crippen molar-refractivity contribution in [2.24, 2.45) is 0 Å². The van der Waals surface area contributed by atoms with Crippen LogP contribution in [0.4, 0.5) is 0 Å². The van der Waals surface area contributed by atoms with E-state index in [1.165, 1.54) is 0 Å². The fraction of sp³-hybridized carbons (Fsp3) is 0.444. The quantitative estimate of drug-likeness (QED) is 0.698. The molecule has 1 aromatic rings. The fourth-order valence-corrected chi connectivity index (χ4v) is 1.21. The molecule has 0 saturated carbocycles. The molecule has 0 aliphatic heterocycles. The highest BCUT2D eigenvalue weighted by molar-refractivity contribution is 5.30. The lowest BCUT2D eigenvalue weighted by Gasteiger charge is -2.10. The number of nitrogens with one attached hydrogen (secondary N) is 1. The molecule has 1 rings (SSSR count). The Morgan fingerprint density at radius 2 is 2.15 bits per heavy atom. The summed E-state index contributed by atoms with van der Waals surface area (Å²) in [4.78, 5) is 15.5. The molecule has 4 heteroatoms. The Labute approximate surface area is 76.8 Å². The predicted octanol–water partition coefficient (Wildman–Crippen LogP) is 0.451. The van der Waals surface area contributed by atoms with Gasteiger partial charge in [-0.3, -0.25) is 4.79 Å². The van der Waals surface area contributed by atoms with Gasteiger partial charge in [-0.1, -0.05) is 0 Å². The summed E-state index contributed by atoms with van der Waals surface area (Å²) in [6.07, 6.45) is 0. The van der Waals surface area contributed by atoms with Crippen LogP contribution in [0.1, 0.15) is 11.3 Å². The van der Waals surface area contributed by atoms with Gasteiger partial charge >= 0.3 is 0 Å². The minimum absolute atomic E-state index is 0.181. The van der Waals surface area contributed by atoms with Gasteiger partial charge in [0.2, 0.25) is 0 Å². The van der Waals surface area contributed by atoms with Gasteiger partial charge in [0.05, 0.1) is 0 Å². The summed E-state index contributed by atoms with van der Waals surface area (Å²) in [5.74, 6) is -0.181. The zero-order valence-corrected chi connectivity index (χ0v) is 8.09. The topological polar surface area (TPSA) is 56.3 Å². The van der Waals surface area contributed by atoms with E-state index in [2.05, 4.69) is 4.98 Å². The molecule has 72 valence electrons. The third-order valence-corrected chi connectivity index (χ3v) is 1.71. The molecule has 0 aromatic carbocycles. The van der Waals surface area contributed by atoms with Crippen LogP contribution in [0.5, 0.6) is 5.75 Å². The zero-order valence-electron chi connectivity index (χ0n) is 8.09. The molecule has 0 saturated heterocycles. The average molecular weight is 182 g/mol. The molecule has 13 heavy (non-hydrogen) atoms. The number of hydrogen-bond donors (Lipinski definition) is 2. The van der Waals surface area contributed by atoms with Crippen LogP contribution in [0.25, 0.3) is 0 Å². The van der Waals surface area contributed by atoms with E-state index in [1.807, 2.05) is 19.0 Å². The second kappa shape index (κ2) is 3.62. The minimum Gasteiger partial charge on any atom is -0.503 e. The van der Waals surface area contributed by atoms with Gasteiger partial charge in [0.1, 0.15) is 0 Å². The molecule has 1 heterocycles. The highest BCUT2D eigenvalue weighted by atomic mass is 16.3. The van der Waals surface area contributed by atoms with Crippen LogP contribution in [-0.2, 0) is 6.54 Å². The molecule has 0 spiro atoms. The molecule has 0 bridgehead atoms. The van der Waals surface area contributed by atoms with Crippen molar-refractivity contribution in [1.82, 2.24) is 9.88 Å². The van der Waals surface area contributed by atoms with Gasteiger partial charge in [-0.05, 0) is 27.1 Å². The lowest BCUT2D eigenvalue weighted by Crippen LogP contribution is -2.15. The van der Waals surface area contributed by atoms with E-state index in [0.29, 0.717) is 12.1 Å². The van der Waals surface area contributed by atoms with Gasteiger partial charge in [0, 0.05) is 17.8 Å². The first-order valence-electron chi connectivity index (χ1n) is 4.07. The summed E-state index contributed by atoms with van der Waals surface area (Å²) in [6.45, 7) is 2.36. The molecular formula is C9H14N2O2. The molecule has 2 N–H and O–H groups in total. The van der Waals surface area contributed by atoms with Crippen molar-refractivity contribution in [3.05, 3.63) is 27.7 Å². The highest BCUT2D eigenvalue weighted by Crippen LogP contribution is 2.12. The molecule has 0 amide bonds. The average Bonchev–Trinajstić information content (AvgIpc) is 1.98. The molecule has 1 aromatic heterocycles. The van der Waals surface area contributed by atoms with E-state index in [0.717, 1.165) is 5.69 Å². The predicted molar refractivity (Wildman–Crippen MR) is 50.9 cm³/mol. The SMILES string of the molecule is Cc1cc(CN(C)C)c(O)c(=O)[nH]1. The monoisotopic (exact) mass is 182 g/mol. The second-order valence-electron chi connectivity index (χ2n) is 3.39. The summed E-state index contributed by atoms with van der Waals surface area (Å²) in [5, 5.41) is 9.40. The Morgan fingerprint density at radius 3 is 2.69 bits per heavy atom. The van der Waals surface area contributed by atoms with Crippen molar-refractivity contribution >= 4 is 0 Å². The first-order valence-corrected chi connectivity index (χ1v) is 4.07. The molecule has 0 radical (unpaired) electrons. The minimum atomic E-state index is -0.420. The number of aromatic hydroxyl groups is 1. The summed E-state index contributed by atoms with van der Waals surface area (Å²) in [5.41, 5.74) is 1.00. The van der Waals surface area contributed by atoms with Gasteiger partial charge in [-0.2, -0.15) is 0 Å². The number of hydrogen-bond acceptors (Lipinski definition) is 3. The Kier molecular flexibility index (Phi) is 2.72. The third kappa shape index (κ3) is 2.32. The van der Waals surface area contributed by atoms with Gasteiger partial charge in [0.25, 0.3) is 5.56 Å². The molecule has 4 nitrogen and oxygen atoms in total. The van der Waals surface area contributed by atoms with Crippen molar-refractivity contribution in [3.63, 3.8) is 0 Å². The van der Waals surface area contributed by atoms with Crippen molar-refractivity contribution in [3.8, 4) is 5.75 Å². The summed E-state index contributed by atoms with van der Waals surface area (Å²) < 4.78 is 0. The lowest BCUT2D eigenvalue weighted by molar-refractivity contribution is 0.383. The Morgan fingerprint density at radius 1 is 1.54 bits per heavy atom. The van der Waals surface area contributed by atoms with E-state index in [1.54, 1.807) is 13.0 Å². The third-order valence-electron chi connectivity index (χ3n) is 1.71. The molecule has 0 aliphatic carbocycles. The van der Waals surface area contributed by atoms with Gasteiger partial charge in [-0.25, -0.2) is 0 Å². The second-order valence-corrected chi connectivity index (χ2v) is 3.39. The molecule has 0 atom stereocenters. The largest absolute Gasteiger partial charge is 0.503 e. The number of aryl methyl sites for hydroxylation is 1. The molecule has 0 unspecified atom stereocenters. The van der Waals surface area contributed by atoms with E-state index in [9.17, 15) is 9.90 Å².